The second-order valence-corrected chi connectivity index (χ2v) is 6.59. The fourth-order valence-corrected chi connectivity index (χ4v) is 3.84. The van der Waals surface area contributed by atoms with E-state index in [2.05, 4.69) is 25.7 Å². The summed E-state index contributed by atoms with van der Waals surface area (Å²) < 4.78 is 0. The van der Waals surface area contributed by atoms with Crippen molar-refractivity contribution in [2.75, 3.05) is 13.1 Å². The van der Waals surface area contributed by atoms with E-state index >= 15 is 0 Å². The molecular formula is C15H30N2. The molecule has 0 spiro atoms. The summed E-state index contributed by atoms with van der Waals surface area (Å²) in [4.78, 5) is 2.76. The third kappa shape index (κ3) is 3.03. The minimum Gasteiger partial charge on any atom is -0.328 e. The van der Waals surface area contributed by atoms with Crippen molar-refractivity contribution in [1.82, 2.24) is 4.90 Å². The van der Waals surface area contributed by atoms with Gasteiger partial charge in [0.25, 0.3) is 0 Å². The minimum absolute atomic E-state index is 0.370. The van der Waals surface area contributed by atoms with E-state index in [9.17, 15) is 0 Å². The van der Waals surface area contributed by atoms with Crippen molar-refractivity contribution in [1.29, 1.82) is 0 Å². The zero-order valence-corrected chi connectivity index (χ0v) is 11.9. The van der Waals surface area contributed by atoms with Crippen molar-refractivity contribution in [3.05, 3.63) is 0 Å². The van der Waals surface area contributed by atoms with Crippen LogP contribution in [0, 0.1) is 17.8 Å². The Morgan fingerprint density at radius 3 is 2.59 bits per heavy atom. The van der Waals surface area contributed by atoms with Gasteiger partial charge in [0.2, 0.25) is 0 Å². The molecule has 1 saturated carbocycles. The second-order valence-electron chi connectivity index (χ2n) is 6.59. The maximum atomic E-state index is 6.09. The predicted molar refractivity (Wildman–Crippen MR) is 73.9 cm³/mol. The molecule has 0 aromatic heterocycles. The number of hydrogen-bond donors (Lipinski definition) is 1. The Morgan fingerprint density at radius 2 is 1.88 bits per heavy atom. The zero-order chi connectivity index (χ0) is 12.4. The molecular weight excluding hydrogens is 208 g/mol. The summed E-state index contributed by atoms with van der Waals surface area (Å²) in [5.41, 5.74) is 6.09. The number of nitrogens with zero attached hydrogens (tertiary/aromatic N) is 1. The lowest BCUT2D eigenvalue weighted by Crippen LogP contribution is -2.51. The summed E-state index contributed by atoms with van der Waals surface area (Å²) in [7, 11) is 0. The molecule has 0 bridgehead atoms. The van der Waals surface area contributed by atoms with Gasteiger partial charge in [-0.1, -0.05) is 26.7 Å². The molecule has 0 aromatic carbocycles. The van der Waals surface area contributed by atoms with Gasteiger partial charge < -0.3 is 5.73 Å². The molecule has 2 aliphatic rings. The van der Waals surface area contributed by atoms with Crippen LogP contribution in [0.5, 0.6) is 0 Å². The third-order valence-corrected chi connectivity index (χ3v) is 5.37. The Hall–Kier alpha value is -0.0800. The molecule has 0 amide bonds. The lowest BCUT2D eigenvalue weighted by atomic mass is 9.76. The standard InChI is InChI=1S/C15H30N2/c1-11-6-4-8-15(12(11)2)17-9-5-7-14(10-17)13(3)16/h11-15H,4-10,16H2,1-3H3. The van der Waals surface area contributed by atoms with Crippen LogP contribution in [-0.2, 0) is 0 Å². The molecule has 2 fully saturated rings. The van der Waals surface area contributed by atoms with Gasteiger partial charge >= 0.3 is 0 Å². The number of piperidine rings is 1. The lowest BCUT2D eigenvalue weighted by Gasteiger charge is -2.45. The molecule has 5 atom stereocenters. The average Bonchev–Trinajstić information content (AvgIpc) is 2.33. The highest BCUT2D eigenvalue weighted by molar-refractivity contribution is 4.88. The molecule has 1 heterocycles. The summed E-state index contributed by atoms with van der Waals surface area (Å²) in [5.74, 6) is 2.51. The van der Waals surface area contributed by atoms with Crippen molar-refractivity contribution in [3.8, 4) is 0 Å². The minimum atomic E-state index is 0.370. The van der Waals surface area contributed by atoms with Gasteiger partial charge in [-0.2, -0.15) is 0 Å². The van der Waals surface area contributed by atoms with Gasteiger partial charge in [0.1, 0.15) is 0 Å². The van der Waals surface area contributed by atoms with E-state index < -0.39 is 0 Å². The number of rotatable bonds is 2. The Kier molecular flexibility index (Phi) is 4.48. The van der Waals surface area contributed by atoms with Gasteiger partial charge in [-0.05, 0) is 50.5 Å². The first-order valence-corrected chi connectivity index (χ1v) is 7.59. The second kappa shape index (κ2) is 5.71. The average molecular weight is 238 g/mol. The van der Waals surface area contributed by atoms with Crippen LogP contribution in [0.4, 0.5) is 0 Å². The van der Waals surface area contributed by atoms with Crippen molar-refractivity contribution in [2.45, 2.75) is 65.0 Å². The quantitative estimate of drug-likeness (QED) is 0.801. The van der Waals surface area contributed by atoms with Crippen molar-refractivity contribution in [3.63, 3.8) is 0 Å². The summed E-state index contributed by atoms with van der Waals surface area (Å²) >= 11 is 0. The normalized spacial score (nSPS) is 42.4. The highest BCUT2D eigenvalue weighted by Gasteiger charge is 2.34. The van der Waals surface area contributed by atoms with Crippen molar-refractivity contribution < 1.29 is 0 Å². The smallest absolute Gasteiger partial charge is 0.0123 e. The van der Waals surface area contributed by atoms with Gasteiger partial charge in [0.05, 0.1) is 0 Å². The largest absolute Gasteiger partial charge is 0.328 e. The Morgan fingerprint density at radius 1 is 1.12 bits per heavy atom. The fraction of sp³-hybridized carbons (Fsp3) is 1.00. The first-order valence-electron chi connectivity index (χ1n) is 7.59. The number of nitrogens with two attached hydrogens (primary N) is 1. The van der Waals surface area contributed by atoms with Crippen LogP contribution in [0.2, 0.25) is 0 Å². The van der Waals surface area contributed by atoms with Crippen LogP contribution >= 0.6 is 0 Å². The van der Waals surface area contributed by atoms with Gasteiger partial charge in [-0.15, -0.1) is 0 Å². The van der Waals surface area contributed by atoms with Gasteiger partial charge in [0, 0.05) is 18.6 Å². The van der Waals surface area contributed by atoms with Crippen LogP contribution in [0.1, 0.15) is 52.9 Å². The van der Waals surface area contributed by atoms with Gasteiger partial charge in [0.15, 0.2) is 0 Å². The van der Waals surface area contributed by atoms with E-state index in [1.807, 2.05) is 0 Å². The molecule has 2 N–H and O–H groups in total. The summed E-state index contributed by atoms with van der Waals surface area (Å²) in [5, 5.41) is 0. The Bertz CT molecular complexity index is 239. The molecule has 1 aliphatic heterocycles. The molecule has 100 valence electrons. The van der Waals surface area contributed by atoms with E-state index in [0.717, 1.165) is 23.8 Å². The van der Waals surface area contributed by atoms with Crippen LogP contribution < -0.4 is 5.73 Å². The van der Waals surface area contributed by atoms with Crippen LogP contribution in [0.3, 0.4) is 0 Å². The molecule has 1 saturated heterocycles. The summed E-state index contributed by atoms with van der Waals surface area (Å²) in [6.45, 7) is 9.64. The van der Waals surface area contributed by atoms with E-state index in [0.29, 0.717) is 6.04 Å². The van der Waals surface area contributed by atoms with Gasteiger partial charge in [-0.25, -0.2) is 0 Å². The highest BCUT2D eigenvalue weighted by Crippen LogP contribution is 2.35. The summed E-state index contributed by atoms with van der Waals surface area (Å²) in [6, 6.07) is 1.20. The van der Waals surface area contributed by atoms with Crippen molar-refractivity contribution in [2.24, 2.45) is 23.5 Å². The van der Waals surface area contributed by atoms with E-state index in [1.54, 1.807) is 0 Å². The number of likely N-dealkylation sites (tertiary alicyclic amines) is 1. The molecule has 5 unspecified atom stereocenters. The number of hydrogen-bond acceptors (Lipinski definition) is 2. The maximum Gasteiger partial charge on any atom is 0.0123 e. The van der Waals surface area contributed by atoms with E-state index in [4.69, 9.17) is 5.73 Å². The first kappa shape index (κ1) is 13.4. The fourth-order valence-electron chi connectivity index (χ4n) is 3.84. The molecule has 0 radical (unpaired) electrons. The summed E-state index contributed by atoms with van der Waals surface area (Å²) in [6.07, 6.45) is 6.96. The predicted octanol–water partition coefficient (Wildman–Crippen LogP) is 2.87. The molecule has 2 rings (SSSR count). The lowest BCUT2D eigenvalue weighted by molar-refractivity contribution is 0.0423. The highest BCUT2D eigenvalue weighted by atomic mass is 15.2. The van der Waals surface area contributed by atoms with Crippen molar-refractivity contribution >= 4 is 0 Å². The Balaban J connectivity index is 1.96. The molecule has 17 heavy (non-hydrogen) atoms. The van der Waals surface area contributed by atoms with Crippen LogP contribution in [0.15, 0.2) is 0 Å². The Labute approximate surface area is 107 Å². The first-order chi connectivity index (χ1) is 8.09. The maximum absolute atomic E-state index is 6.09. The monoisotopic (exact) mass is 238 g/mol. The molecule has 2 nitrogen and oxygen atoms in total. The SMILES string of the molecule is CC(N)C1CCCN(C2CCCC(C)C2C)C1. The van der Waals surface area contributed by atoms with E-state index in [-0.39, 0.29) is 0 Å². The molecule has 0 aromatic rings. The molecule has 2 heteroatoms. The van der Waals surface area contributed by atoms with E-state index in [1.165, 1.54) is 45.2 Å². The topological polar surface area (TPSA) is 29.3 Å². The van der Waals surface area contributed by atoms with Crippen LogP contribution in [0.25, 0.3) is 0 Å². The third-order valence-electron chi connectivity index (χ3n) is 5.37. The van der Waals surface area contributed by atoms with Crippen LogP contribution in [-0.4, -0.2) is 30.1 Å². The van der Waals surface area contributed by atoms with Gasteiger partial charge in [-0.3, -0.25) is 4.90 Å². The zero-order valence-electron chi connectivity index (χ0n) is 11.9. The molecule has 1 aliphatic carbocycles.